The summed E-state index contributed by atoms with van der Waals surface area (Å²) in [7, 11) is 1.61. The van der Waals surface area contributed by atoms with Crippen molar-refractivity contribution in [1.82, 2.24) is 0 Å². The summed E-state index contributed by atoms with van der Waals surface area (Å²) in [5.74, 6) is -0.676. The van der Waals surface area contributed by atoms with Gasteiger partial charge in [0.25, 0.3) is 0 Å². The molecule has 3 nitrogen and oxygen atoms in total. The summed E-state index contributed by atoms with van der Waals surface area (Å²) < 4.78 is 33.2. The smallest absolute Gasteiger partial charge is 0.150 e. The van der Waals surface area contributed by atoms with Crippen molar-refractivity contribution < 1.29 is 13.2 Å². The van der Waals surface area contributed by atoms with Crippen molar-refractivity contribution in [2.75, 3.05) is 11.9 Å². The Balaban J connectivity index is 2.33. The van der Waals surface area contributed by atoms with Crippen LogP contribution in [0, 0.1) is 18.6 Å². The minimum Gasteiger partial charge on any atom is -0.469 e. The van der Waals surface area contributed by atoms with Crippen LogP contribution in [0.5, 0.6) is 0 Å². The second-order valence-corrected chi connectivity index (χ2v) is 4.95. The summed E-state index contributed by atoms with van der Waals surface area (Å²) in [4.78, 5) is 1.44. The van der Waals surface area contributed by atoms with Gasteiger partial charge < -0.3 is 15.1 Å². The monoisotopic (exact) mass is 296 g/mol. The van der Waals surface area contributed by atoms with Crippen molar-refractivity contribution in [2.24, 2.45) is 5.73 Å². The predicted molar refractivity (Wildman–Crippen MR) is 77.8 cm³/mol. The minimum absolute atomic E-state index is 0.0392. The SMILES string of the molecule is Cc1occc1CN(C)c1c(F)cc(C(N)=S)cc1F. The number of halogens is 2. The lowest BCUT2D eigenvalue weighted by molar-refractivity contribution is 0.528. The number of nitrogens with two attached hydrogens (primary N) is 1. The zero-order chi connectivity index (χ0) is 14.9. The van der Waals surface area contributed by atoms with E-state index >= 15 is 0 Å². The van der Waals surface area contributed by atoms with Crippen LogP contribution in [-0.2, 0) is 6.54 Å². The number of hydrogen-bond acceptors (Lipinski definition) is 3. The fraction of sp³-hybridized carbons (Fsp3) is 0.214. The number of anilines is 1. The van der Waals surface area contributed by atoms with Gasteiger partial charge in [0.15, 0.2) is 0 Å². The van der Waals surface area contributed by atoms with Gasteiger partial charge in [-0.05, 0) is 25.1 Å². The molecule has 1 heterocycles. The van der Waals surface area contributed by atoms with Crippen LogP contribution in [0.3, 0.4) is 0 Å². The predicted octanol–water partition coefficient (Wildman–Crippen LogP) is 3.14. The summed E-state index contributed by atoms with van der Waals surface area (Å²) in [6.07, 6.45) is 1.54. The average molecular weight is 296 g/mol. The Morgan fingerprint density at radius 2 is 1.95 bits per heavy atom. The Hall–Kier alpha value is -1.95. The lowest BCUT2D eigenvalue weighted by atomic mass is 10.1. The number of thiocarbonyl (C=S) groups is 1. The van der Waals surface area contributed by atoms with Crippen LogP contribution in [-0.4, -0.2) is 12.0 Å². The zero-order valence-corrected chi connectivity index (χ0v) is 11.9. The van der Waals surface area contributed by atoms with Crippen LogP contribution in [0.25, 0.3) is 0 Å². The number of hydrogen-bond donors (Lipinski definition) is 1. The molecule has 0 bridgehead atoms. The quantitative estimate of drug-likeness (QED) is 0.880. The molecule has 6 heteroatoms. The largest absolute Gasteiger partial charge is 0.469 e. The van der Waals surface area contributed by atoms with Gasteiger partial charge in [0.05, 0.1) is 6.26 Å². The van der Waals surface area contributed by atoms with Crippen molar-refractivity contribution >= 4 is 22.9 Å². The van der Waals surface area contributed by atoms with Gasteiger partial charge in [0.2, 0.25) is 0 Å². The number of aryl methyl sites for hydroxylation is 1. The van der Waals surface area contributed by atoms with Gasteiger partial charge in [-0.15, -0.1) is 0 Å². The molecule has 0 saturated carbocycles. The first-order valence-electron chi connectivity index (χ1n) is 5.93. The highest BCUT2D eigenvalue weighted by Crippen LogP contribution is 2.26. The number of furan rings is 1. The fourth-order valence-corrected chi connectivity index (χ4v) is 2.10. The maximum Gasteiger partial charge on any atom is 0.150 e. The highest BCUT2D eigenvalue weighted by Gasteiger charge is 2.17. The van der Waals surface area contributed by atoms with Crippen molar-refractivity contribution in [1.29, 1.82) is 0 Å². The first kappa shape index (κ1) is 14.5. The van der Waals surface area contributed by atoms with E-state index in [-0.39, 0.29) is 16.2 Å². The molecule has 2 rings (SSSR count). The van der Waals surface area contributed by atoms with Gasteiger partial charge in [0.1, 0.15) is 28.1 Å². The van der Waals surface area contributed by atoms with E-state index in [2.05, 4.69) is 0 Å². The molecule has 0 atom stereocenters. The van der Waals surface area contributed by atoms with Crippen LogP contribution in [0.2, 0.25) is 0 Å². The molecule has 0 radical (unpaired) electrons. The number of nitrogens with zero attached hydrogens (tertiary/aromatic N) is 1. The van der Waals surface area contributed by atoms with Crippen LogP contribution in [0.1, 0.15) is 16.9 Å². The highest BCUT2D eigenvalue weighted by atomic mass is 32.1. The molecule has 106 valence electrons. The first-order chi connectivity index (χ1) is 9.40. The molecule has 1 aromatic heterocycles. The molecule has 0 saturated heterocycles. The lowest BCUT2D eigenvalue weighted by Crippen LogP contribution is -2.20. The molecule has 0 spiro atoms. The standard InChI is InChI=1S/C14H14F2N2OS/c1-8-9(3-4-19-8)7-18(2)13-11(15)5-10(14(17)20)6-12(13)16/h3-6H,7H2,1-2H3,(H2,17,20). The molecule has 0 fully saturated rings. The normalized spacial score (nSPS) is 10.6. The van der Waals surface area contributed by atoms with E-state index in [0.29, 0.717) is 6.54 Å². The first-order valence-corrected chi connectivity index (χ1v) is 6.34. The van der Waals surface area contributed by atoms with Gasteiger partial charge >= 0.3 is 0 Å². The number of rotatable bonds is 4. The molecule has 1 aromatic carbocycles. The van der Waals surface area contributed by atoms with Gasteiger partial charge in [0, 0.05) is 24.7 Å². The lowest BCUT2D eigenvalue weighted by Gasteiger charge is -2.20. The molecular weight excluding hydrogens is 282 g/mol. The highest BCUT2D eigenvalue weighted by molar-refractivity contribution is 7.80. The van der Waals surface area contributed by atoms with E-state index in [9.17, 15) is 8.78 Å². The molecule has 0 unspecified atom stereocenters. The third-order valence-electron chi connectivity index (χ3n) is 3.06. The Morgan fingerprint density at radius 3 is 2.40 bits per heavy atom. The topological polar surface area (TPSA) is 42.4 Å². The second-order valence-electron chi connectivity index (χ2n) is 4.51. The number of benzene rings is 1. The van der Waals surface area contributed by atoms with E-state index in [1.807, 2.05) is 0 Å². The van der Waals surface area contributed by atoms with E-state index < -0.39 is 11.6 Å². The summed E-state index contributed by atoms with van der Waals surface area (Å²) in [6.45, 7) is 2.13. The maximum absolute atomic E-state index is 14.0. The average Bonchev–Trinajstić information content (AvgIpc) is 2.74. The molecule has 2 N–H and O–H groups in total. The molecule has 0 aliphatic rings. The summed E-state index contributed by atoms with van der Waals surface area (Å²) in [5, 5.41) is 0. The van der Waals surface area contributed by atoms with E-state index in [1.165, 1.54) is 4.90 Å². The van der Waals surface area contributed by atoms with Crippen molar-refractivity contribution in [3.05, 3.63) is 53.0 Å². The van der Waals surface area contributed by atoms with Crippen LogP contribution in [0.4, 0.5) is 14.5 Å². The summed E-state index contributed by atoms with van der Waals surface area (Å²) in [6, 6.07) is 4.05. The molecule has 20 heavy (non-hydrogen) atoms. The van der Waals surface area contributed by atoms with Crippen LogP contribution >= 0.6 is 12.2 Å². The Kier molecular flexibility index (Phi) is 4.04. The zero-order valence-electron chi connectivity index (χ0n) is 11.1. The van der Waals surface area contributed by atoms with Gasteiger partial charge in [-0.2, -0.15) is 0 Å². The van der Waals surface area contributed by atoms with E-state index in [1.54, 1.807) is 26.3 Å². The van der Waals surface area contributed by atoms with Gasteiger partial charge in [-0.3, -0.25) is 0 Å². The molecule has 0 aliphatic carbocycles. The summed E-state index contributed by atoms with van der Waals surface area (Å²) in [5.41, 5.74) is 6.30. The molecule has 2 aromatic rings. The molecule has 0 aliphatic heterocycles. The van der Waals surface area contributed by atoms with Crippen LogP contribution in [0.15, 0.2) is 28.9 Å². The third-order valence-corrected chi connectivity index (χ3v) is 3.29. The molecular formula is C14H14F2N2OS. The van der Waals surface area contributed by atoms with Gasteiger partial charge in [-0.1, -0.05) is 12.2 Å². The Labute approximate surface area is 121 Å². The van der Waals surface area contributed by atoms with Crippen molar-refractivity contribution in [3.8, 4) is 0 Å². The van der Waals surface area contributed by atoms with Crippen molar-refractivity contribution in [2.45, 2.75) is 13.5 Å². The fourth-order valence-electron chi connectivity index (χ4n) is 1.98. The molecule has 0 amide bonds. The second kappa shape index (κ2) is 5.58. The van der Waals surface area contributed by atoms with E-state index in [0.717, 1.165) is 23.5 Å². The van der Waals surface area contributed by atoms with Crippen molar-refractivity contribution in [3.63, 3.8) is 0 Å². The van der Waals surface area contributed by atoms with Gasteiger partial charge in [-0.25, -0.2) is 8.78 Å². The third kappa shape index (κ3) is 2.80. The Bertz CT molecular complexity index is 631. The van der Waals surface area contributed by atoms with E-state index in [4.69, 9.17) is 22.4 Å². The van der Waals surface area contributed by atoms with Crippen LogP contribution < -0.4 is 10.6 Å². The Morgan fingerprint density at radius 1 is 1.35 bits per heavy atom. The minimum atomic E-state index is -0.698. The maximum atomic E-state index is 14.0. The summed E-state index contributed by atoms with van der Waals surface area (Å²) >= 11 is 4.72.